The lowest BCUT2D eigenvalue weighted by atomic mass is 10.1. The summed E-state index contributed by atoms with van der Waals surface area (Å²) in [7, 11) is 4.27. The molecule has 11 heavy (non-hydrogen) atoms. The summed E-state index contributed by atoms with van der Waals surface area (Å²) in [5.74, 6) is 0. The number of hydrogen-bond acceptors (Lipinski definition) is 2. The predicted molar refractivity (Wildman–Crippen MR) is 46.3 cm³/mol. The van der Waals surface area contributed by atoms with Crippen LogP contribution in [-0.2, 0) is 0 Å². The van der Waals surface area contributed by atoms with Gasteiger partial charge in [0.15, 0.2) is 0 Å². The van der Waals surface area contributed by atoms with Crippen LogP contribution in [-0.4, -0.2) is 31.1 Å². The van der Waals surface area contributed by atoms with Gasteiger partial charge < -0.3 is 5.32 Å². The fourth-order valence-corrected chi connectivity index (χ4v) is 2.23. The number of rotatable bonds is 1. The summed E-state index contributed by atoms with van der Waals surface area (Å²) in [6, 6.07) is 1.53. The summed E-state index contributed by atoms with van der Waals surface area (Å²) in [5.41, 5.74) is 1.44. The van der Waals surface area contributed by atoms with Crippen molar-refractivity contribution in [2.75, 3.05) is 14.1 Å². The maximum atomic E-state index is 3.26. The van der Waals surface area contributed by atoms with Crippen molar-refractivity contribution in [3.63, 3.8) is 0 Å². The third-order valence-electron chi connectivity index (χ3n) is 3.06. The van der Waals surface area contributed by atoms with Crippen LogP contribution >= 0.6 is 0 Å². The van der Waals surface area contributed by atoms with Gasteiger partial charge in [0.2, 0.25) is 0 Å². The van der Waals surface area contributed by atoms with Crippen LogP contribution in [0.1, 0.15) is 19.3 Å². The lowest BCUT2D eigenvalue weighted by Gasteiger charge is -2.30. The van der Waals surface area contributed by atoms with Crippen LogP contribution in [0.4, 0.5) is 0 Å². The summed E-state index contributed by atoms with van der Waals surface area (Å²) < 4.78 is 0. The van der Waals surface area contributed by atoms with Gasteiger partial charge in [0.25, 0.3) is 0 Å². The molecule has 0 radical (unpaired) electrons. The van der Waals surface area contributed by atoms with Crippen molar-refractivity contribution < 1.29 is 0 Å². The van der Waals surface area contributed by atoms with Gasteiger partial charge in [-0.1, -0.05) is 0 Å². The van der Waals surface area contributed by atoms with E-state index in [2.05, 4.69) is 23.3 Å². The second-order valence-corrected chi connectivity index (χ2v) is 3.61. The largest absolute Gasteiger partial charge is 0.392 e. The molecular weight excluding hydrogens is 136 g/mol. The highest BCUT2D eigenvalue weighted by Crippen LogP contribution is 2.31. The zero-order valence-electron chi connectivity index (χ0n) is 7.30. The van der Waals surface area contributed by atoms with Gasteiger partial charge in [-0.25, -0.2) is 0 Å². The molecule has 2 unspecified atom stereocenters. The molecular formula is C9H16N2. The first-order chi connectivity index (χ1) is 5.31. The summed E-state index contributed by atoms with van der Waals surface area (Å²) in [6.07, 6.45) is 6.34. The molecule has 0 aliphatic carbocycles. The van der Waals surface area contributed by atoms with Gasteiger partial charge in [-0.3, -0.25) is 4.90 Å². The Hall–Kier alpha value is -0.500. The fraction of sp³-hybridized carbons (Fsp3) is 0.778. The molecule has 0 spiro atoms. The van der Waals surface area contributed by atoms with Gasteiger partial charge in [-0.2, -0.15) is 0 Å². The Morgan fingerprint density at radius 1 is 1.55 bits per heavy atom. The second-order valence-electron chi connectivity index (χ2n) is 3.61. The molecule has 2 aliphatic rings. The van der Waals surface area contributed by atoms with Crippen LogP contribution in [0.15, 0.2) is 11.8 Å². The van der Waals surface area contributed by atoms with E-state index in [-0.39, 0.29) is 0 Å². The van der Waals surface area contributed by atoms with Gasteiger partial charge >= 0.3 is 0 Å². The minimum Gasteiger partial charge on any atom is -0.392 e. The van der Waals surface area contributed by atoms with E-state index in [0.717, 1.165) is 12.1 Å². The van der Waals surface area contributed by atoms with Crippen molar-refractivity contribution in [2.45, 2.75) is 31.3 Å². The van der Waals surface area contributed by atoms with E-state index in [1.165, 1.54) is 25.0 Å². The molecule has 1 fully saturated rings. The van der Waals surface area contributed by atoms with Crippen molar-refractivity contribution >= 4 is 0 Å². The molecule has 2 bridgehead atoms. The molecule has 2 heteroatoms. The highest BCUT2D eigenvalue weighted by Gasteiger charge is 2.33. The molecule has 62 valence electrons. The summed E-state index contributed by atoms with van der Waals surface area (Å²) in [6.45, 7) is 0. The molecule has 0 aromatic rings. The van der Waals surface area contributed by atoms with Crippen LogP contribution in [0.3, 0.4) is 0 Å². The molecule has 2 atom stereocenters. The molecule has 0 aromatic heterocycles. The molecule has 0 amide bonds. The van der Waals surface area contributed by atoms with E-state index in [4.69, 9.17) is 0 Å². The maximum absolute atomic E-state index is 3.26. The summed E-state index contributed by atoms with van der Waals surface area (Å²) in [4.78, 5) is 2.50. The summed E-state index contributed by atoms with van der Waals surface area (Å²) >= 11 is 0. The van der Waals surface area contributed by atoms with Gasteiger partial charge in [0.1, 0.15) is 0 Å². The number of hydrogen-bond donors (Lipinski definition) is 1. The number of nitrogens with zero attached hydrogens (tertiary/aromatic N) is 1. The lowest BCUT2D eigenvalue weighted by molar-refractivity contribution is 0.251. The monoisotopic (exact) mass is 152 g/mol. The molecule has 1 saturated heterocycles. The highest BCUT2D eigenvalue weighted by atomic mass is 15.2. The van der Waals surface area contributed by atoms with E-state index >= 15 is 0 Å². The van der Waals surface area contributed by atoms with Gasteiger partial charge in [-0.15, -0.1) is 0 Å². The molecule has 0 saturated carbocycles. The van der Waals surface area contributed by atoms with Crippen molar-refractivity contribution in [1.82, 2.24) is 10.2 Å². The Morgan fingerprint density at radius 3 is 3.00 bits per heavy atom. The SMILES string of the molecule is CNC1=CC2CCC(C1)N2C. The topological polar surface area (TPSA) is 15.3 Å². The van der Waals surface area contributed by atoms with Crippen LogP contribution in [0.2, 0.25) is 0 Å². The van der Waals surface area contributed by atoms with Gasteiger partial charge in [0, 0.05) is 31.2 Å². The zero-order valence-corrected chi connectivity index (χ0v) is 7.30. The average Bonchev–Trinajstić information content (AvgIpc) is 2.26. The van der Waals surface area contributed by atoms with Crippen LogP contribution in [0.5, 0.6) is 0 Å². The Labute approximate surface area is 68.3 Å². The highest BCUT2D eigenvalue weighted by molar-refractivity contribution is 5.15. The van der Waals surface area contributed by atoms with E-state index < -0.39 is 0 Å². The first kappa shape index (κ1) is 7.17. The van der Waals surface area contributed by atoms with Crippen molar-refractivity contribution in [3.8, 4) is 0 Å². The van der Waals surface area contributed by atoms with Gasteiger partial charge in [0.05, 0.1) is 0 Å². The quantitative estimate of drug-likeness (QED) is 0.602. The molecule has 0 aromatic carbocycles. The maximum Gasteiger partial charge on any atom is 0.0298 e. The van der Waals surface area contributed by atoms with Crippen molar-refractivity contribution in [1.29, 1.82) is 0 Å². The zero-order chi connectivity index (χ0) is 7.84. The van der Waals surface area contributed by atoms with Crippen molar-refractivity contribution in [2.24, 2.45) is 0 Å². The third kappa shape index (κ3) is 1.06. The first-order valence-electron chi connectivity index (χ1n) is 4.41. The number of likely N-dealkylation sites (N-methyl/N-ethyl adjacent to an activating group) is 1. The standard InChI is InChI=1S/C9H16N2/c1-10-7-5-8-3-4-9(6-7)11(8)2/h5,8-10H,3-4,6H2,1-2H3. The average molecular weight is 152 g/mol. The van der Waals surface area contributed by atoms with E-state index in [1.807, 2.05) is 7.05 Å². The second kappa shape index (κ2) is 2.52. The fourth-order valence-electron chi connectivity index (χ4n) is 2.23. The Bertz CT molecular complexity index is 186. The third-order valence-corrected chi connectivity index (χ3v) is 3.06. The van der Waals surface area contributed by atoms with E-state index in [9.17, 15) is 0 Å². The van der Waals surface area contributed by atoms with E-state index in [0.29, 0.717) is 0 Å². The Balaban J connectivity index is 2.17. The molecule has 2 rings (SSSR count). The van der Waals surface area contributed by atoms with Crippen LogP contribution < -0.4 is 5.32 Å². The Kier molecular flexibility index (Phi) is 1.64. The van der Waals surface area contributed by atoms with Crippen LogP contribution in [0.25, 0.3) is 0 Å². The van der Waals surface area contributed by atoms with Gasteiger partial charge in [-0.05, 0) is 26.0 Å². The minimum atomic E-state index is 0.719. The number of fused-ring (bicyclic) bond motifs is 2. The Morgan fingerprint density at radius 2 is 2.36 bits per heavy atom. The molecule has 1 N–H and O–H groups in total. The molecule has 2 aliphatic heterocycles. The summed E-state index contributed by atoms with van der Waals surface area (Å²) in [5, 5.41) is 3.26. The minimum absolute atomic E-state index is 0.719. The van der Waals surface area contributed by atoms with E-state index in [1.54, 1.807) is 0 Å². The van der Waals surface area contributed by atoms with Crippen LogP contribution in [0, 0.1) is 0 Å². The number of nitrogens with one attached hydrogen (secondary N) is 1. The van der Waals surface area contributed by atoms with Crippen molar-refractivity contribution in [3.05, 3.63) is 11.8 Å². The first-order valence-corrected chi connectivity index (χ1v) is 4.41. The lowest BCUT2D eigenvalue weighted by Crippen LogP contribution is -2.36. The molecule has 2 nitrogen and oxygen atoms in total. The smallest absolute Gasteiger partial charge is 0.0298 e. The molecule has 2 heterocycles. The predicted octanol–water partition coefficient (Wildman–Crippen LogP) is 0.956. The normalized spacial score (nSPS) is 37.1.